The van der Waals surface area contributed by atoms with Crippen LogP contribution in [0.4, 0.5) is 13.2 Å². The average molecular weight is 364 g/mol. The highest BCUT2D eigenvalue weighted by molar-refractivity contribution is 5.88. The van der Waals surface area contributed by atoms with Crippen LogP contribution in [0.2, 0.25) is 0 Å². The molecular weight excluding hydrogens is 353 g/mol. The Kier molecular flexibility index (Phi) is 4.10. The summed E-state index contributed by atoms with van der Waals surface area (Å²) in [7, 11) is 1.60. The number of aryl methyl sites for hydroxylation is 1. The third-order valence-electron chi connectivity index (χ3n) is 3.59. The number of rotatable bonds is 3. The number of aromatic carboxylic acids is 1. The zero-order chi connectivity index (χ0) is 19.1. The van der Waals surface area contributed by atoms with Crippen molar-refractivity contribution in [3.05, 3.63) is 64.2 Å². The molecule has 10 heteroatoms. The Labute approximate surface area is 143 Å². The van der Waals surface area contributed by atoms with Gasteiger partial charge in [-0.05, 0) is 18.2 Å². The van der Waals surface area contributed by atoms with Crippen LogP contribution in [0.3, 0.4) is 0 Å². The van der Waals surface area contributed by atoms with Gasteiger partial charge >= 0.3 is 12.1 Å². The average Bonchev–Trinajstić information content (AvgIpc) is 3.00. The molecule has 0 aliphatic rings. The summed E-state index contributed by atoms with van der Waals surface area (Å²) in [5, 5.41) is 17.2. The summed E-state index contributed by atoms with van der Waals surface area (Å²) in [4.78, 5) is 23.7. The van der Waals surface area contributed by atoms with E-state index in [4.69, 9.17) is 0 Å². The van der Waals surface area contributed by atoms with E-state index in [9.17, 15) is 27.9 Å². The van der Waals surface area contributed by atoms with Crippen LogP contribution in [0.1, 0.15) is 15.9 Å². The summed E-state index contributed by atoms with van der Waals surface area (Å²) in [6, 6.07) is 5.07. The molecule has 1 N–H and O–H groups in total. The lowest BCUT2D eigenvalue weighted by molar-refractivity contribution is -0.137. The predicted molar refractivity (Wildman–Crippen MR) is 84.0 cm³/mol. The second-order valence-electron chi connectivity index (χ2n) is 5.41. The number of carbonyl (C=O) groups is 1. The van der Waals surface area contributed by atoms with Crippen molar-refractivity contribution in [1.29, 1.82) is 0 Å². The molecule has 3 aromatic rings. The molecule has 0 fully saturated rings. The molecule has 0 unspecified atom stereocenters. The number of hydrogen-bond donors (Lipinski definition) is 1. The number of carboxylic acids is 1. The van der Waals surface area contributed by atoms with Crippen molar-refractivity contribution in [1.82, 2.24) is 19.6 Å². The molecule has 0 bridgehead atoms. The van der Waals surface area contributed by atoms with Crippen molar-refractivity contribution >= 4 is 5.97 Å². The monoisotopic (exact) mass is 364 g/mol. The van der Waals surface area contributed by atoms with Crippen molar-refractivity contribution in [2.24, 2.45) is 7.05 Å². The number of nitrogens with zero attached hydrogens (tertiary/aromatic N) is 4. The summed E-state index contributed by atoms with van der Waals surface area (Å²) >= 11 is 0. The number of hydrogen-bond acceptors (Lipinski definition) is 4. The van der Waals surface area contributed by atoms with Gasteiger partial charge in [0, 0.05) is 12.6 Å². The number of aromatic nitrogens is 4. The molecule has 3 rings (SSSR count). The number of halogens is 3. The van der Waals surface area contributed by atoms with Gasteiger partial charge in [0.25, 0.3) is 5.56 Å². The molecule has 0 radical (unpaired) electrons. The van der Waals surface area contributed by atoms with E-state index in [1.807, 2.05) is 0 Å². The zero-order valence-corrected chi connectivity index (χ0v) is 13.2. The van der Waals surface area contributed by atoms with Gasteiger partial charge in [0.1, 0.15) is 11.3 Å². The molecule has 2 heterocycles. The van der Waals surface area contributed by atoms with Crippen LogP contribution in [-0.4, -0.2) is 30.6 Å². The largest absolute Gasteiger partial charge is 0.477 e. The van der Waals surface area contributed by atoms with Gasteiger partial charge in [-0.25, -0.2) is 4.79 Å². The zero-order valence-electron chi connectivity index (χ0n) is 13.2. The van der Waals surface area contributed by atoms with Gasteiger partial charge in [0.2, 0.25) is 0 Å². The molecule has 1 aromatic carbocycles. The molecule has 0 saturated heterocycles. The van der Waals surface area contributed by atoms with Crippen molar-refractivity contribution in [2.45, 2.75) is 6.18 Å². The van der Waals surface area contributed by atoms with Crippen molar-refractivity contribution in [2.75, 3.05) is 0 Å². The standard InChI is InChI=1S/C16H11F3N4O3/c1-22-8-11(7-20-22)23-14(24)12(15(25)26)6-13(21-23)9-2-4-10(5-3-9)16(17,18)19/h2-8H,1H3,(H,25,26). The van der Waals surface area contributed by atoms with Gasteiger partial charge in [-0.15, -0.1) is 0 Å². The molecule has 2 aromatic heterocycles. The highest BCUT2D eigenvalue weighted by atomic mass is 19.4. The van der Waals surface area contributed by atoms with E-state index in [0.717, 1.165) is 35.0 Å². The molecule has 0 amide bonds. The minimum absolute atomic E-state index is 0.0413. The van der Waals surface area contributed by atoms with Crippen LogP contribution in [0.25, 0.3) is 16.9 Å². The molecular formula is C16H11F3N4O3. The molecule has 134 valence electrons. The van der Waals surface area contributed by atoms with Crippen LogP contribution < -0.4 is 5.56 Å². The highest BCUT2D eigenvalue weighted by Gasteiger charge is 2.30. The fourth-order valence-electron chi connectivity index (χ4n) is 2.31. The normalized spacial score (nSPS) is 11.5. The smallest absolute Gasteiger partial charge is 0.416 e. The summed E-state index contributed by atoms with van der Waals surface area (Å²) < 4.78 is 40.3. The van der Waals surface area contributed by atoms with Crippen molar-refractivity contribution < 1.29 is 23.1 Å². The molecule has 0 aliphatic heterocycles. The van der Waals surface area contributed by atoms with Crippen LogP contribution in [0, 0.1) is 0 Å². The number of alkyl halides is 3. The van der Waals surface area contributed by atoms with E-state index in [-0.39, 0.29) is 16.9 Å². The van der Waals surface area contributed by atoms with Crippen LogP contribution in [-0.2, 0) is 13.2 Å². The summed E-state index contributed by atoms with van der Waals surface area (Å²) in [6.07, 6.45) is -1.72. The van der Waals surface area contributed by atoms with Crippen molar-refractivity contribution in [3.63, 3.8) is 0 Å². The predicted octanol–water partition coefficient (Wildman–Crippen LogP) is 2.35. The van der Waals surface area contributed by atoms with Gasteiger partial charge in [-0.2, -0.15) is 28.1 Å². The molecule has 0 aliphatic carbocycles. The molecule has 26 heavy (non-hydrogen) atoms. The van der Waals surface area contributed by atoms with Gasteiger partial charge in [0.15, 0.2) is 0 Å². The van der Waals surface area contributed by atoms with Gasteiger partial charge < -0.3 is 5.11 Å². The Balaban J connectivity index is 2.17. The maximum absolute atomic E-state index is 12.7. The SMILES string of the molecule is Cn1cc(-n2nc(-c3ccc(C(F)(F)F)cc3)cc(C(=O)O)c2=O)cn1. The van der Waals surface area contributed by atoms with E-state index in [2.05, 4.69) is 10.2 Å². The lowest BCUT2D eigenvalue weighted by Crippen LogP contribution is -2.27. The lowest BCUT2D eigenvalue weighted by atomic mass is 10.1. The number of carboxylic acid groups (broad SMARTS) is 1. The fourth-order valence-corrected chi connectivity index (χ4v) is 2.31. The van der Waals surface area contributed by atoms with Gasteiger partial charge in [0.05, 0.1) is 23.7 Å². The second kappa shape index (κ2) is 6.14. The van der Waals surface area contributed by atoms with E-state index in [1.165, 1.54) is 17.1 Å². The van der Waals surface area contributed by atoms with Crippen molar-refractivity contribution in [3.8, 4) is 16.9 Å². The number of benzene rings is 1. The van der Waals surface area contributed by atoms with Crippen LogP contribution in [0.5, 0.6) is 0 Å². The Bertz CT molecular complexity index is 1040. The Morgan fingerprint density at radius 1 is 1.19 bits per heavy atom. The van der Waals surface area contributed by atoms with E-state index < -0.39 is 28.8 Å². The van der Waals surface area contributed by atoms with Gasteiger partial charge in [-0.3, -0.25) is 9.48 Å². The first-order valence-corrected chi connectivity index (χ1v) is 7.21. The highest BCUT2D eigenvalue weighted by Crippen LogP contribution is 2.30. The Hall–Kier alpha value is -3.43. The lowest BCUT2D eigenvalue weighted by Gasteiger charge is -2.09. The molecule has 0 spiro atoms. The first-order chi connectivity index (χ1) is 12.2. The van der Waals surface area contributed by atoms with E-state index in [0.29, 0.717) is 0 Å². The quantitative estimate of drug-likeness (QED) is 0.771. The summed E-state index contributed by atoms with van der Waals surface area (Å²) in [5.74, 6) is -1.47. The summed E-state index contributed by atoms with van der Waals surface area (Å²) in [5.41, 5.74) is -1.77. The first kappa shape index (κ1) is 17.4. The second-order valence-corrected chi connectivity index (χ2v) is 5.41. The maximum Gasteiger partial charge on any atom is 0.416 e. The third-order valence-corrected chi connectivity index (χ3v) is 3.59. The first-order valence-electron chi connectivity index (χ1n) is 7.21. The van der Waals surface area contributed by atoms with Crippen LogP contribution >= 0.6 is 0 Å². The Morgan fingerprint density at radius 2 is 1.85 bits per heavy atom. The summed E-state index contributed by atoms with van der Waals surface area (Å²) in [6.45, 7) is 0. The fraction of sp³-hybridized carbons (Fsp3) is 0.125. The minimum atomic E-state index is -4.49. The Morgan fingerprint density at radius 3 is 2.35 bits per heavy atom. The van der Waals surface area contributed by atoms with Crippen LogP contribution in [0.15, 0.2) is 47.5 Å². The third kappa shape index (κ3) is 3.21. The van der Waals surface area contributed by atoms with E-state index >= 15 is 0 Å². The molecule has 0 saturated carbocycles. The molecule has 0 atom stereocenters. The van der Waals surface area contributed by atoms with Gasteiger partial charge in [-0.1, -0.05) is 12.1 Å². The molecule has 7 nitrogen and oxygen atoms in total. The minimum Gasteiger partial charge on any atom is -0.477 e. The topological polar surface area (TPSA) is 90.0 Å². The van der Waals surface area contributed by atoms with E-state index in [1.54, 1.807) is 7.05 Å². The maximum atomic E-state index is 12.7.